The molecule has 0 bridgehead atoms. The number of halogens is 1. The molecule has 160 valence electrons. The molecule has 4 rings (SSSR count). The number of amides is 2. The molecule has 0 atom stereocenters. The fourth-order valence-corrected chi connectivity index (χ4v) is 3.97. The predicted octanol–water partition coefficient (Wildman–Crippen LogP) is 5.11. The molecule has 7 heteroatoms. The van der Waals surface area contributed by atoms with Crippen LogP contribution in [0.3, 0.4) is 0 Å². The maximum Gasteiger partial charge on any atom is 0.254 e. The van der Waals surface area contributed by atoms with E-state index in [4.69, 9.17) is 16.0 Å². The highest BCUT2D eigenvalue weighted by molar-refractivity contribution is 6.33. The summed E-state index contributed by atoms with van der Waals surface area (Å²) in [7, 11) is 0. The maximum absolute atomic E-state index is 12.7. The number of carbonyl (C=O) groups is 2. The molecule has 1 aromatic heterocycles. The Morgan fingerprint density at radius 1 is 1.13 bits per heavy atom. The standard InChI is InChI=1S/C24H24ClN3O3/c1-16-17(24(30)28-13-4-5-14-28)8-6-10-20(16)27-22(29)11-12-23-26-15-21(31-23)18-7-2-3-9-19(18)25/h2-3,6-10,15H,4-5,11-14H2,1H3,(H,27,29). The van der Waals surface area contributed by atoms with Crippen LogP contribution in [0.2, 0.25) is 5.02 Å². The second kappa shape index (κ2) is 9.35. The zero-order chi connectivity index (χ0) is 21.8. The molecular formula is C24H24ClN3O3. The maximum atomic E-state index is 12.7. The van der Waals surface area contributed by atoms with Gasteiger partial charge in [-0.15, -0.1) is 0 Å². The number of anilines is 1. The lowest BCUT2D eigenvalue weighted by Gasteiger charge is -2.18. The summed E-state index contributed by atoms with van der Waals surface area (Å²) in [5.41, 5.74) is 2.84. The fraction of sp³-hybridized carbons (Fsp3) is 0.292. The molecule has 1 N–H and O–H groups in total. The molecule has 2 heterocycles. The number of aromatic nitrogens is 1. The van der Waals surface area contributed by atoms with E-state index in [0.717, 1.165) is 37.1 Å². The SMILES string of the molecule is Cc1c(NC(=O)CCc2ncc(-c3ccccc3Cl)o2)cccc1C(=O)N1CCCC1. The van der Waals surface area contributed by atoms with Gasteiger partial charge in [0, 0.05) is 42.7 Å². The van der Waals surface area contributed by atoms with E-state index in [1.54, 1.807) is 18.3 Å². The van der Waals surface area contributed by atoms with Crippen LogP contribution in [0.4, 0.5) is 5.69 Å². The van der Waals surface area contributed by atoms with Gasteiger partial charge in [-0.2, -0.15) is 0 Å². The number of carbonyl (C=O) groups excluding carboxylic acids is 2. The third-order valence-electron chi connectivity index (χ3n) is 5.49. The molecule has 0 unspecified atom stereocenters. The Hall–Kier alpha value is -3.12. The highest BCUT2D eigenvalue weighted by Gasteiger charge is 2.22. The number of hydrogen-bond acceptors (Lipinski definition) is 4. The first-order chi connectivity index (χ1) is 15.0. The third kappa shape index (κ3) is 4.80. The fourth-order valence-electron chi connectivity index (χ4n) is 3.74. The van der Waals surface area contributed by atoms with Crippen molar-refractivity contribution < 1.29 is 14.0 Å². The highest BCUT2D eigenvalue weighted by atomic mass is 35.5. The lowest BCUT2D eigenvalue weighted by molar-refractivity contribution is -0.116. The van der Waals surface area contributed by atoms with Crippen molar-refractivity contribution in [2.45, 2.75) is 32.6 Å². The summed E-state index contributed by atoms with van der Waals surface area (Å²) < 4.78 is 5.76. The zero-order valence-corrected chi connectivity index (χ0v) is 18.1. The first kappa shape index (κ1) is 21.1. The van der Waals surface area contributed by atoms with E-state index in [9.17, 15) is 9.59 Å². The summed E-state index contributed by atoms with van der Waals surface area (Å²) in [6.07, 6.45) is 4.28. The van der Waals surface area contributed by atoms with Crippen LogP contribution in [0.1, 0.15) is 41.1 Å². The number of aryl methyl sites for hydroxylation is 1. The Labute approximate surface area is 186 Å². The molecule has 3 aromatic rings. The smallest absolute Gasteiger partial charge is 0.254 e. The molecule has 1 aliphatic rings. The van der Waals surface area contributed by atoms with Crippen molar-refractivity contribution in [1.29, 1.82) is 0 Å². The molecule has 0 spiro atoms. The predicted molar refractivity (Wildman–Crippen MR) is 120 cm³/mol. The van der Waals surface area contributed by atoms with Gasteiger partial charge in [0.2, 0.25) is 5.91 Å². The largest absolute Gasteiger partial charge is 0.441 e. The van der Waals surface area contributed by atoms with E-state index in [-0.39, 0.29) is 18.2 Å². The van der Waals surface area contributed by atoms with E-state index >= 15 is 0 Å². The molecule has 1 fully saturated rings. The average Bonchev–Trinajstić information content (AvgIpc) is 3.46. The number of nitrogens with zero attached hydrogens (tertiary/aromatic N) is 2. The first-order valence-electron chi connectivity index (χ1n) is 10.4. The minimum atomic E-state index is -0.161. The van der Waals surface area contributed by atoms with Gasteiger partial charge in [-0.3, -0.25) is 9.59 Å². The summed E-state index contributed by atoms with van der Waals surface area (Å²) in [6, 6.07) is 12.8. The molecule has 0 saturated carbocycles. The normalized spacial score (nSPS) is 13.4. The molecule has 2 aromatic carbocycles. The van der Waals surface area contributed by atoms with Crippen molar-refractivity contribution in [3.63, 3.8) is 0 Å². The first-order valence-corrected chi connectivity index (χ1v) is 10.8. The Kier molecular flexibility index (Phi) is 6.37. The number of oxazole rings is 1. The molecule has 6 nitrogen and oxygen atoms in total. The van der Waals surface area contributed by atoms with Crippen LogP contribution >= 0.6 is 11.6 Å². The van der Waals surface area contributed by atoms with Gasteiger partial charge in [-0.1, -0.05) is 29.8 Å². The number of likely N-dealkylation sites (tertiary alicyclic amines) is 1. The molecular weight excluding hydrogens is 414 g/mol. The van der Waals surface area contributed by atoms with Gasteiger partial charge in [-0.25, -0.2) is 4.98 Å². The zero-order valence-electron chi connectivity index (χ0n) is 17.4. The molecule has 0 aliphatic carbocycles. The van der Waals surface area contributed by atoms with Crippen LogP contribution in [0.15, 0.2) is 53.1 Å². The van der Waals surface area contributed by atoms with E-state index in [1.807, 2.05) is 42.2 Å². The van der Waals surface area contributed by atoms with Gasteiger partial charge in [0.25, 0.3) is 5.91 Å². The van der Waals surface area contributed by atoms with E-state index < -0.39 is 0 Å². The Morgan fingerprint density at radius 2 is 1.90 bits per heavy atom. The van der Waals surface area contributed by atoms with Crippen molar-refractivity contribution in [2.75, 3.05) is 18.4 Å². The van der Waals surface area contributed by atoms with Crippen LogP contribution in [0, 0.1) is 6.92 Å². The van der Waals surface area contributed by atoms with Crippen molar-refractivity contribution in [3.05, 3.63) is 70.7 Å². The van der Waals surface area contributed by atoms with Gasteiger partial charge in [0.05, 0.1) is 11.2 Å². The van der Waals surface area contributed by atoms with Gasteiger partial charge in [-0.05, 0) is 49.6 Å². The molecule has 31 heavy (non-hydrogen) atoms. The number of nitrogens with one attached hydrogen (secondary N) is 1. The summed E-state index contributed by atoms with van der Waals surface area (Å²) in [6.45, 7) is 3.45. The van der Waals surface area contributed by atoms with Gasteiger partial charge in [0.1, 0.15) is 0 Å². The number of rotatable bonds is 6. The second-order valence-corrected chi connectivity index (χ2v) is 8.03. The Bertz CT molecular complexity index is 1100. The average molecular weight is 438 g/mol. The van der Waals surface area contributed by atoms with Gasteiger partial charge in [0.15, 0.2) is 11.7 Å². The van der Waals surface area contributed by atoms with E-state index in [2.05, 4.69) is 10.3 Å². The summed E-state index contributed by atoms with van der Waals surface area (Å²) in [5.74, 6) is 0.911. The molecule has 1 saturated heterocycles. The van der Waals surface area contributed by atoms with Crippen LogP contribution in [-0.4, -0.2) is 34.8 Å². The van der Waals surface area contributed by atoms with E-state index in [0.29, 0.717) is 34.3 Å². The lowest BCUT2D eigenvalue weighted by Crippen LogP contribution is -2.28. The monoisotopic (exact) mass is 437 g/mol. The van der Waals surface area contributed by atoms with Crippen LogP contribution in [-0.2, 0) is 11.2 Å². The molecule has 0 radical (unpaired) electrons. The van der Waals surface area contributed by atoms with Crippen molar-refractivity contribution in [2.24, 2.45) is 0 Å². The molecule has 1 aliphatic heterocycles. The summed E-state index contributed by atoms with van der Waals surface area (Å²) in [5, 5.41) is 3.50. The topological polar surface area (TPSA) is 75.4 Å². The Morgan fingerprint density at radius 3 is 2.68 bits per heavy atom. The summed E-state index contributed by atoms with van der Waals surface area (Å²) >= 11 is 6.20. The minimum Gasteiger partial charge on any atom is -0.441 e. The van der Waals surface area contributed by atoms with Crippen LogP contribution in [0.25, 0.3) is 11.3 Å². The van der Waals surface area contributed by atoms with Gasteiger partial charge < -0.3 is 14.6 Å². The van der Waals surface area contributed by atoms with Gasteiger partial charge >= 0.3 is 0 Å². The van der Waals surface area contributed by atoms with Crippen LogP contribution in [0.5, 0.6) is 0 Å². The second-order valence-electron chi connectivity index (χ2n) is 7.62. The van der Waals surface area contributed by atoms with E-state index in [1.165, 1.54) is 0 Å². The number of hydrogen-bond donors (Lipinski definition) is 1. The highest BCUT2D eigenvalue weighted by Crippen LogP contribution is 2.28. The minimum absolute atomic E-state index is 0.0259. The number of benzene rings is 2. The summed E-state index contributed by atoms with van der Waals surface area (Å²) in [4.78, 5) is 31.4. The third-order valence-corrected chi connectivity index (χ3v) is 5.82. The van der Waals surface area contributed by atoms with Crippen molar-refractivity contribution in [3.8, 4) is 11.3 Å². The van der Waals surface area contributed by atoms with Crippen molar-refractivity contribution >= 4 is 29.1 Å². The van der Waals surface area contributed by atoms with Crippen LogP contribution < -0.4 is 5.32 Å². The quantitative estimate of drug-likeness (QED) is 0.581. The lowest BCUT2D eigenvalue weighted by atomic mass is 10.1. The Balaban J connectivity index is 1.38. The molecule has 2 amide bonds. The van der Waals surface area contributed by atoms with Crippen molar-refractivity contribution in [1.82, 2.24) is 9.88 Å².